The van der Waals surface area contributed by atoms with Gasteiger partial charge in [0.25, 0.3) is 0 Å². The molecule has 3 aromatic carbocycles. The lowest BCUT2D eigenvalue weighted by molar-refractivity contribution is -0.106. The highest BCUT2D eigenvalue weighted by Crippen LogP contribution is 2.46. The molecular formula is C26H23NOS. The second kappa shape index (κ2) is 7.66. The van der Waals surface area contributed by atoms with Gasteiger partial charge in [-0.05, 0) is 34.8 Å². The molecule has 0 aliphatic carbocycles. The Morgan fingerprint density at radius 1 is 0.759 bits per heavy atom. The van der Waals surface area contributed by atoms with E-state index in [1.165, 1.54) is 34.0 Å². The molecule has 0 N–H and O–H groups in total. The zero-order valence-corrected chi connectivity index (χ0v) is 17.0. The molecule has 1 saturated heterocycles. The summed E-state index contributed by atoms with van der Waals surface area (Å²) >= 11 is 1.49. The van der Waals surface area contributed by atoms with Crippen LogP contribution < -0.4 is 0 Å². The van der Waals surface area contributed by atoms with E-state index < -0.39 is 5.54 Å². The van der Waals surface area contributed by atoms with Gasteiger partial charge in [0.1, 0.15) is 0 Å². The summed E-state index contributed by atoms with van der Waals surface area (Å²) in [7, 11) is 0. The van der Waals surface area contributed by atoms with Crippen molar-refractivity contribution in [2.75, 3.05) is 13.1 Å². The SMILES string of the molecule is O=C1C=C2CN(C(c3ccccc3)(c3ccccc3)c3ccccc3)CCC2S1. The lowest BCUT2D eigenvalue weighted by Gasteiger charge is -2.48. The molecule has 2 aliphatic rings. The summed E-state index contributed by atoms with van der Waals surface area (Å²) in [6.45, 7) is 1.75. The van der Waals surface area contributed by atoms with E-state index in [2.05, 4.69) is 95.9 Å². The quantitative estimate of drug-likeness (QED) is 0.561. The third-order valence-electron chi connectivity index (χ3n) is 6.06. The van der Waals surface area contributed by atoms with Crippen molar-refractivity contribution in [3.8, 4) is 0 Å². The molecule has 1 atom stereocenters. The molecule has 1 fully saturated rings. The van der Waals surface area contributed by atoms with Crippen molar-refractivity contribution in [3.63, 3.8) is 0 Å². The molecule has 29 heavy (non-hydrogen) atoms. The number of piperidine rings is 1. The van der Waals surface area contributed by atoms with Crippen LogP contribution in [0.15, 0.2) is 103 Å². The Bertz CT molecular complexity index is 933. The van der Waals surface area contributed by atoms with Gasteiger partial charge in [-0.25, -0.2) is 0 Å². The average Bonchev–Trinajstić information content (AvgIpc) is 3.16. The highest BCUT2D eigenvalue weighted by atomic mass is 32.2. The number of fused-ring (bicyclic) bond motifs is 1. The first-order valence-corrected chi connectivity index (χ1v) is 11.0. The van der Waals surface area contributed by atoms with Crippen molar-refractivity contribution in [2.24, 2.45) is 0 Å². The molecule has 2 aliphatic heterocycles. The summed E-state index contributed by atoms with van der Waals surface area (Å²) in [5.74, 6) is 0. The van der Waals surface area contributed by atoms with Gasteiger partial charge in [-0.3, -0.25) is 9.69 Å². The fraction of sp³-hybridized carbons (Fsp3) is 0.192. The molecule has 0 amide bonds. The van der Waals surface area contributed by atoms with Gasteiger partial charge in [0, 0.05) is 18.3 Å². The van der Waals surface area contributed by atoms with Gasteiger partial charge in [0.2, 0.25) is 5.12 Å². The maximum Gasteiger partial charge on any atom is 0.212 e. The van der Waals surface area contributed by atoms with Gasteiger partial charge in [-0.15, -0.1) is 0 Å². The van der Waals surface area contributed by atoms with Crippen LogP contribution >= 0.6 is 11.8 Å². The van der Waals surface area contributed by atoms with Crippen LogP contribution in [-0.4, -0.2) is 28.4 Å². The Hall–Kier alpha value is -2.62. The van der Waals surface area contributed by atoms with E-state index in [0.717, 1.165) is 19.5 Å². The maximum atomic E-state index is 12.0. The number of carbonyl (C=O) groups excluding carboxylic acids is 1. The Labute approximate surface area is 176 Å². The van der Waals surface area contributed by atoms with E-state index in [1.54, 1.807) is 0 Å². The van der Waals surface area contributed by atoms with Crippen LogP contribution in [-0.2, 0) is 10.3 Å². The molecule has 5 rings (SSSR count). The molecule has 0 bridgehead atoms. The normalized spacial score (nSPS) is 19.7. The molecule has 2 heterocycles. The summed E-state index contributed by atoms with van der Waals surface area (Å²) in [4.78, 5) is 14.6. The first-order chi connectivity index (χ1) is 14.3. The van der Waals surface area contributed by atoms with Crippen LogP contribution in [0.5, 0.6) is 0 Å². The predicted molar refractivity (Wildman–Crippen MR) is 120 cm³/mol. The maximum absolute atomic E-state index is 12.0. The Morgan fingerprint density at radius 2 is 1.24 bits per heavy atom. The lowest BCUT2D eigenvalue weighted by atomic mass is 9.74. The third kappa shape index (κ3) is 3.15. The van der Waals surface area contributed by atoms with E-state index in [9.17, 15) is 4.79 Å². The summed E-state index contributed by atoms with van der Waals surface area (Å²) in [5, 5.41) is 0.551. The van der Waals surface area contributed by atoms with Crippen molar-refractivity contribution < 1.29 is 4.79 Å². The van der Waals surface area contributed by atoms with Crippen molar-refractivity contribution in [2.45, 2.75) is 17.2 Å². The monoisotopic (exact) mass is 397 g/mol. The smallest absolute Gasteiger partial charge is 0.212 e. The highest BCUT2D eigenvalue weighted by molar-refractivity contribution is 8.15. The number of hydrogen-bond donors (Lipinski definition) is 0. The fourth-order valence-corrected chi connectivity index (χ4v) is 5.85. The molecule has 2 nitrogen and oxygen atoms in total. The highest BCUT2D eigenvalue weighted by Gasteiger charge is 2.45. The van der Waals surface area contributed by atoms with E-state index >= 15 is 0 Å². The van der Waals surface area contributed by atoms with Crippen LogP contribution in [0.25, 0.3) is 0 Å². The molecule has 1 unspecified atom stereocenters. The summed E-state index contributed by atoms with van der Waals surface area (Å²) < 4.78 is 0. The summed E-state index contributed by atoms with van der Waals surface area (Å²) in [6.07, 6.45) is 2.86. The summed E-state index contributed by atoms with van der Waals surface area (Å²) in [6, 6.07) is 32.3. The molecule has 3 aromatic rings. The average molecular weight is 398 g/mol. The van der Waals surface area contributed by atoms with Crippen molar-refractivity contribution in [3.05, 3.63) is 119 Å². The zero-order chi connectivity index (χ0) is 19.7. The second-order valence-corrected chi connectivity index (χ2v) is 8.87. The lowest BCUT2D eigenvalue weighted by Crippen LogP contribution is -2.52. The molecule has 0 aromatic heterocycles. The van der Waals surface area contributed by atoms with Gasteiger partial charge in [0.05, 0.1) is 5.54 Å². The molecular weight excluding hydrogens is 374 g/mol. The van der Waals surface area contributed by atoms with Crippen LogP contribution in [0.1, 0.15) is 23.1 Å². The van der Waals surface area contributed by atoms with E-state index in [0.29, 0.717) is 5.25 Å². The number of carbonyl (C=O) groups is 1. The number of nitrogens with zero attached hydrogens (tertiary/aromatic N) is 1. The summed E-state index contributed by atoms with van der Waals surface area (Å²) in [5.41, 5.74) is 4.64. The second-order valence-electron chi connectivity index (χ2n) is 7.66. The minimum atomic E-state index is -0.397. The standard InChI is InChI=1S/C26H23NOS/c28-25-18-20-19-27(17-16-24(20)29-25)26(21-10-4-1-5-11-21,22-12-6-2-7-13-22)23-14-8-3-9-15-23/h1-15,18,24H,16-17,19H2. The topological polar surface area (TPSA) is 20.3 Å². The van der Waals surface area contributed by atoms with E-state index in [-0.39, 0.29) is 5.12 Å². The minimum Gasteiger partial charge on any atom is -0.282 e. The zero-order valence-electron chi connectivity index (χ0n) is 16.2. The van der Waals surface area contributed by atoms with Crippen LogP contribution in [0.3, 0.4) is 0 Å². The van der Waals surface area contributed by atoms with Crippen LogP contribution in [0, 0.1) is 0 Å². The molecule has 144 valence electrons. The number of likely N-dealkylation sites (tertiary alicyclic amines) is 1. The first kappa shape index (κ1) is 18.4. The van der Waals surface area contributed by atoms with Crippen molar-refractivity contribution >= 4 is 16.9 Å². The number of rotatable bonds is 4. The Balaban J connectivity index is 1.75. The fourth-order valence-electron chi connectivity index (χ4n) is 4.83. The van der Waals surface area contributed by atoms with Gasteiger partial charge < -0.3 is 0 Å². The Morgan fingerprint density at radius 3 is 1.72 bits per heavy atom. The number of thioether (sulfide) groups is 1. The molecule has 0 radical (unpaired) electrons. The Kier molecular flexibility index (Phi) is 4.86. The minimum absolute atomic E-state index is 0.205. The largest absolute Gasteiger partial charge is 0.282 e. The van der Waals surface area contributed by atoms with Gasteiger partial charge in [-0.2, -0.15) is 0 Å². The predicted octanol–water partition coefficient (Wildman–Crippen LogP) is 5.25. The molecule has 3 heteroatoms. The number of hydrogen-bond acceptors (Lipinski definition) is 3. The molecule has 0 spiro atoms. The first-order valence-electron chi connectivity index (χ1n) is 10.1. The molecule has 0 saturated carbocycles. The number of benzene rings is 3. The van der Waals surface area contributed by atoms with Crippen LogP contribution in [0.2, 0.25) is 0 Å². The van der Waals surface area contributed by atoms with Crippen molar-refractivity contribution in [1.82, 2.24) is 4.90 Å². The van der Waals surface area contributed by atoms with E-state index in [1.807, 2.05) is 6.08 Å². The van der Waals surface area contributed by atoms with Crippen LogP contribution in [0.4, 0.5) is 0 Å². The van der Waals surface area contributed by atoms with Gasteiger partial charge in [-0.1, -0.05) is 103 Å². The van der Waals surface area contributed by atoms with E-state index in [4.69, 9.17) is 0 Å². The van der Waals surface area contributed by atoms with Gasteiger partial charge in [0.15, 0.2) is 0 Å². The van der Waals surface area contributed by atoms with Crippen molar-refractivity contribution in [1.29, 1.82) is 0 Å². The third-order valence-corrected chi connectivity index (χ3v) is 7.23. The van der Waals surface area contributed by atoms with Gasteiger partial charge >= 0.3 is 0 Å².